The topological polar surface area (TPSA) is 83.3 Å². The lowest BCUT2D eigenvalue weighted by Crippen LogP contribution is -2.44. The van der Waals surface area contributed by atoms with Gasteiger partial charge in [0, 0.05) is 17.9 Å². The van der Waals surface area contributed by atoms with Crippen molar-refractivity contribution < 1.29 is 9.21 Å². The summed E-state index contributed by atoms with van der Waals surface area (Å²) in [5, 5.41) is 7.62. The fourth-order valence-corrected chi connectivity index (χ4v) is 6.00. The van der Waals surface area contributed by atoms with Crippen molar-refractivity contribution in [1.29, 1.82) is 0 Å². The third-order valence-electron chi connectivity index (χ3n) is 6.19. The van der Waals surface area contributed by atoms with Gasteiger partial charge in [-0.3, -0.25) is 9.69 Å². The number of carbonyl (C=O) groups excluding carboxylic acids is 1. The van der Waals surface area contributed by atoms with E-state index in [1.165, 1.54) is 0 Å². The van der Waals surface area contributed by atoms with Crippen LogP contribution in [-0.2, 0) is 16.0 Å². The van der Waals surface area contributed by atoms with E-state index < -0.39 is 0 Å². The molecule has 0 saturated carbocycles. The van der Waals surface area contributed by atoms with Gasteiger partial charge in [0.25, 0.3) is 0 Å². The largest absolute Gasteiger partial charge is 0.444 e. The first kappa shape index (κ1) is 23.7. The Bertz CT molecular complexity index is 879. The Hall–Kier alpha value is -1.42. The Morgan fingerprint density at radius 3 is 2.47 bits per heavy atom. The van der Waals surface area contributed by atoms with Gasteiger partial charge in [0.15, 0.2) is 5.13 Å². The van der Waals surface area contributed by atoms with Crippen molar-refractivity contribution in [3.8, 4) is 0 Å². The predicted molar refractivity (Wildman–Crippen MR) is 130 cm³/mol. The number of anilines is 1. The third-order valence-corrected chi connectivity index (χ3v) is 8.39. The maximum Gasteiger partial charge on any atom is 0.231 e. The van der Waals surface area contributed by atoms with Crippen molar-refractivity contribution in [3.63, 3.8) is 0 Å². The average Bonchev–Trinajstić information content (AvgIpc) is 3.46. The highest BCUT2D eigenvalue weighted by Crippen LogP contribution is 2.35. The second-order valence-electron chi connectivity index (χ2n) is 9.79. The molecule has 2 aromatic heterocycles. The molecule has 2 aliphatic rings. The van der Waals surface area contributed by atoms with Gasteiger partial charge >= 0.3 is 0 Å². The quantitative estimate of drug-likeness (QED) is 0.582. The minimum atomic E-state index is -0.0439. The summed E-state index contributed by atoms with van der Waals surface area (Å²) in [6, 6.07) is 0. The number of piperidine rings is 2. The molecule has 0 aliphatic carbocycles. The Morgan fingerprint density at radius 2 is 1.81 bits per heavy atom. The lowest BCUT2D eigenvalue weighted by atomic mass is 9.94. The van der Waals surface area contributed by atoms with E-state index in [4.69, 9.17) is 4.42 Å². The SMILES string of the molecule is CC(C)(C)c1cnc(CSc2cnc(N(CC3CCNCC3)C(=O)C3CCNCC3)s2)o1. The number of aromatic nitrogens is 2. The number of hydrogen-bond acceptors (Lipinski definition) is 8. The number of hydrogen-bond donors (Lipinski definition) is 2. The van der Waals surface area contributed by atoms with Crippen LogP contribution in [0.3, 0.4) is 0 Å². The molecular weight excluding hydrogens is 442 g/mol. The Morgan fingerprint density at radius 1 is 1.12 bits per heavy atom. The van der Waals surface area contributed by atoms with Gasteiger partial charge in [0.1, 0.15) is 5.76 Å². The molecule has 0 bridgehead atoms. The molecule has 4 heterocycles. The molecule has 2 aliphatic heterocycles. The molecular formula is C23H35N5O2S2. The van der Waals surface area contributed by atoms with Crippen LogP contribution in [0.25, 0.3) is 0 Å². The number of thioether (sulfide) groups is 1. The Balaban J connectivity index is 1.43. The number of nitrogens with zero attached hydrogens (tertiary/aromatic N) is 3. The van der Waals surface area contributed by atoms with Crippen molar-refractivity contribution in [2.24, 2.45) is 11.8 Å². The van der Waals surface area contributed by atoms with Crippen LogP contribution in [0.4, 0.5) is 5.13 Å². The smallest absolute Gasteiger partial charge is 0.231 e. The molecule has 2 aromatic rings. The van der Waals surface area contributed by atoms with E-state index in [1.54, 1.807) is 23.1 Å². The van der Waals surface area contributed by atoms with Crippen LogP contribution >= 0.6 is 23.1 Å². The van der Waals surface area contributed by atoms with Gasteiger partial charge in [-0.25, -0.2) is 9.97 Å². The number of amides is 1. The van der Waals surface area contributed by atoms with Gasteiger partial charge in [-0.05, 0) is 57.8 Å². The number of carbonyl (C=O) groups is 1. The lowest BCUT2D eigenvalue weighted by molar-refractivity contribution is -0.123. The van der Waals surface area contributed by atoms with E-state index in [9.17, 15) is 4.79 Å². The molecule has 0 atom stereocenters. The maximum absolute atomic E-state index is 13.5. The first-order chi connectivity index (χ1) is 15.4. The zero-order chi connectivity index (χ0) is 22.6. The average molecular weight is 478 g/mol. The van der Waals surface area contributed by atoms with E-state index >= 15 is 0 Å². The minimum Gasteiger partial charge on any atom is -0.444 e. The van der Waals surface area contributed by atoms with Crippen LogP contribution in [0.5, 0.6) is 0 Å². The zero-order valence-corrected chi connectivity index (χ0v) is 21.0. The van der Waals surface area contributed by atoms with Crippen LogP contribution in [0.2, 0.25) is 0 Å². The van der Waals surface area contributed by atoms with Crippen LogP contribution in [0.15, 0.2) is 21.0 Å². The summed E-state index contributed by atoms with van der Waals surface area (Å²) in [4.78, 5) is 24.6. The van der Waals surface area contributed by atoms with Crippen molar-refractivity contribution >= 4 is 34.1 Å². The summed E-state index contributed by atoms with van der Waals surface area (Å²) in [6.07, 6.45) is 7.77. The summed E-state index contributed by atoms with van der Waals surface area (Å²) >= 11 is 3.28. The molecule has 0 radical (unpaired) electrons. The molecule has 7 nitrogen and oxygen atoms in total. The normalized spacial score (nSPS) is 18.7. The molecule has 0 aromatic carbocycles. The van der Waals surface area contributed by atoms with E-state index in [-0.39, 0.29) is 17.2 Å². The highest BCUT2D eigenvalue weighted by atomic mass is 32.2. The molecule has 2 fully saturated rings. The molecule has 2 N–H and O–H groups in total. The van der Waals surface area contributed by atoms with Gasteiger partial charge in [-0.1, -0.05) is 32.1 Å². The second-order valence-corrected chi connectivity index (χ2v) is 12.1. The molecule has 4 rings (SSSR count). The van der Waals surface area contributed by atoms with Crippen LogP contribution < -0.4 is 15.5 Å². The summed E-state index contributed by atoms with van der Waals surface area (Å²) in [7, 11) is 0. The predicted octanol–water partition coefficient (Wildman–Crippen LogP) is 4.05. The lowest BCUT2D eigenvalue weighted by Gasteiger charge is -2.32. The van der Waals surface area contributed by atoms with Crippen LogP contribution in [0.1, 0.15) is 58.1 Å². The van der Waals surface area contributed by atoms with E-state index in [0.717, 1.165) is 79.4 Å². The highest BCUT2D eigenvalue weighted by Gasteiger charge is 2.30. The van der Waals surface area contributed by atoms with Gasteiger partial charge in [-0.15, -0.1) is 11.8 Å². The molecule has 2 saturated heterocycles. The summed E-state index contributed by atoms with van der Waals surface area (Å²) in [6.45, 7) is 11.0. The number of nitrogens with one attached hydrogen (secondary N) is 2. The second kappa shape index (κ2) is 10.7. The Kier molecular flexibility index (Phi) is 7.91. The zero-order valence-electron chi connectivity index (χ0n) is 19.4. The molecule has 9 heteroatoms. The highest BCUT2D eigenvalue weighted by molar-refractivity contribution is 8.00. The standard InChI is InChI=1S/C23H35N5O2S2/c1-23(2,3)18-12-26-19(30-18)15-31-20-13-27-22(32-20)28(14-16-4-8-24-9-5-16)21(29)17-6-10-25-11-7-17/h12-13,16-17,24-25H,4-11,14-15H2,1-3H3. The number of rotatable bonds is 7. The van der Waals surface area contributed by atoms with E-state index in [2.05, 4.69) is 41.4 Å². The summed E-state index contributed by atoms with van der Waals surface area (Å²) in [5.74, 6) is 3.17. The first-order valence-electron chi connectivity index (χ1n) is 11.7. The summed E-state index contributed by atoms with van der Waals surface area (Å²) < 4.78 is 7.01. The van der Waals surface area contributed by atoms with Crippen molar-refractivity contribution in [2.45, 2.75) is 61.8 Å². The minimum absolute atomic E-state index is 0.0439. The van der Waals surface area contributed by atoms with E-state index in [0.29, 0.717) is 11.7 Å². The number of oxazole rings is 1. The molecule has 0 spiro atoms. The molecule has 32 heavy (non-hydrogen) atoms. The van der Waals surface area contributed by atoms with Gasteiger partial charge in [0.2, 0.25) is 11.8 Å². The Labute approximate surface area is 199 Å². The fraction of sp³-hybridized carbons (Fsp3) is 0.696. The van der Waals surface area contributed by atoms with Gasteiger partial charge in [0.05, 0.1) is 22.4 Å². The molecule has 0 unspecified atom stereocenters. The fourth-order valence-electron chi connectivity index (χ4n) is 4.17. The van der Waals surface area contributed by atoms with Crippen molar-refractivity contribution in [1.82, 2.24) is 20.6 Å². The van der Waals surface area contributed by atoms with Crippen molar-refractivity contribution in [3.05, 3.63) is 24.0 Å². The monoisotopic (exact) mass is 477 g/mol. The first-order valence-corrected chi connectivity index (χ1v) is 13.5. The molecule has 176 valence electrons. The van der Waals surface area contributed by atoms with Gasteiger partial charge in [-0.2, -0.15) is 0 Å². The molecule has 1 amide bonds. The number of thiazole rings is 1. The van der Waals surface area contributed by atoms with E-state index in [1.807, 2.05) is 17.3 Å². The van der Waals surface area contributed by atoms with Crippen LogP contribution in [0, 0.1) is 11.8 Å². The summed E-state index contributed by atoms with van der Waals surface area (Å²) in [5.41, 5.74) is -0.0439. The van der Waals surface area contributed by atoms with Crippen LogP contribution in [-0.4, -0.2) is 48.6 Å². The maximum atomic E-state index is 13.5. The van der Waals surface area contributed by atoms with Gasteiger partial charge < -0.3 is 15.1 Å². The third kappa shape index (κ3) is 6.12. The van der Waals surface area contributed by atoms with Crippen molar-refractivity contribution in [2.75, 3.05) is 37.6 Å².